The molecule has 143 valence electrons. The Bertz CT molecular complexity index is 559. The lowest BCUT2D eigenvalue weighted by Gasteiger charge is -2.07. The van der Waals surface area contributed by atoms with E-state index in [9.17, 15) is 8.42 Å². The fourth-order valence-corrected chi connectivity index (χ4v) is 4.04. The Hall–Kier alpha value is -1.07. The van der Waals surface area contributed by atoms with Crippen molar-refractivity contribution in [2.24, 2.45) is 0 Å². The van der Waals surface area contributed by atoms with Gasteiger partial charge in [0.15, 0.2) is 0 Å². The lowest BCUT2D eigenvalue weighted by molar-refractivity contribution is 0.540. The first-order valence-electron chi connectivity index (χ1n) is 9.87. The molecule has 4 nitrogen and oxygen atoms in total. The number of nitrogens with one attached hydrogen (secondary N) is 2. The van der Waals surface area contributed by atoms with Crippen molar-refractivity contribution in [3.63, 3.8) is 0 Å². The zero-order chi connectivity index (χ0) is 18.4. The SMILES string of the molecule is CCCCCCCCCCCCCCNS(=O)(=O)c1cccc([NH])c1. The highest BCUT2D eigenvalue weighted by Crippen LogP contribution is 2.14. The van der Waals surface area contributed by atoms with Crippen LogP contribution in [-0.4, -0.2) is 15.0 Å². The van der Waals surface area contributed by atoms with Crippen LogP contribution in [0, 0.1) is 0 Å². The van der Waals surface area contributed by atoms with Crippen molar-refractivity contribution in [3.05, 3.63) is 24.3 Å². The fourth-order valence-electron chi connectivity index (χ4n) is 2.92. The Labute approximate surface area is 154 Å². The molecule has 2 N–H and O–H groups in total. The standard InChI is InChI=1S/C20H35N2O2S/c1-2-3-4-5-6-7-8-9-10-11-12-13-17-22-25(23,24)20-16-14-15-19(21)18-20/h14-16,18,21-22H,2-13,17H2,1H3. The van der Waals surface area contributed by atoms with E-state index >= 15 is 0 Å². The van der Waals surface area contributed by atoms with E-state index in [4.69, 9.17) is 5.73 Å². The van der Waals surface area contributed by atoms with Gasteiger partial charge in [-0.25, -0.2) is 13.1 Å². The third kappa shape index (κ3) is 10.5. The minimum atomic E-state index is -3.47. The molecule has 0 aliphatic heterocycles. The zero-order valence-corrected chi connectivity index (χ0v) is 16.5. The lowest BCUT2D eigenvalue weighted by Crippen LogP contribution is -2.24. The van der Waals surface area contributed by atoms with E-state index in [1.807, 2.05) is 0 Å². The molecule has 1 rings (SSSR count). The van der Waals surface area contributed by atoms with Gasteiger partial charge in [-0.15, -0.1) is 0 Å². The number of unbranched alkanes of at least 4 members (excludes halogenated alkanes) is 11. The molecule has 0 saturated carbocycles. The molecule has 0 fully saturated rings. The topological polar surface area (TPSA) is 70.0 Å². The second-order valence-electron chi connectivity index (χ2n) is 6.81. The van der Waals surface area contributed by atoms with Crippen LogP contribution in [0.25, 0.3) is 0 Å². The summed E-state index contributed by atoms with van der Waals surface area (Å²) in [5, 5.41) is 0. The van der Waals surface area contributed by atoms with Crippen molar-refractivity contribution in [2.45, 2.75) is 88.9 Å². The van der Waals surface area contributed by atoms with Gasteiger partial charge in [0.1, 0.15) is 0 Å². The van der Waals surface area contributed by atoms with E-state index in [-0.39, 0.29) is 10.6 Å². The summed E-state index contributed by atoms with van der Waals surface area (Å²) in [4.78, 5) is 0.180. The quantitative estimate of drug-likeness (QED) is 0.411. The van der Waals surface area contributed by atoms with Crippen molar-refractivity contribution in [1.29, 1.82) is 0 Å². The van der Waals surface area contributed by atoms with Crippen molar-refractivity contribution in [2.75, 3.05) is 6.54 Å². The lowest BCUT2D eigenvalue weighted by atomic mass is 10.1. The second kappa shape index (κ2) is 13.2. The van der Waals surface area contributed by atoms with E-state index in [0.29, 0.717) is 6.54 Å². The summed E-state index contributed by atoms with van der Waals surface area (Å²) < 4.78 is 26.8. The molecule has 0 unspecified atom stereocenters. The average molecular weight is 368 g/mol. The summed E-state index contributed by atoms with van der Waals surface area (Å²) >= 11 is 0. The predicted molar refractivity (Wildman–Crippen MR) is 105 cm³/mol. The van der Waals surface area contributed by atoms with E-state index in [0.717, 1.165) is 12.8 Å². The summed E-state index contributed by atoms with van der Waals surface area (Å²) in [6, 6.07) is 6.08. The first kappa shape index (κ1) is 22.0. The molecular weight excluding hydrogens is 332 g/mol. The van der Waals surface area contributed by atoms with Gasteiger partial charge < -0.3 is 5.73 Å². The molecule has 0 aromatic heterocycles. The summed E-state index contributed by atoms with van der Waals surface area (Å²) in [6.07, 6.45) is 15.2. The maximum Gasteiger partial charge on any atom is 0.240 e. The third-order valence-electron chi connectivity index (χ3n) is 4.47. The molecule has 0 saturated heterocycles. The minimum Gasteiger partial charge on any atom is -0.301 e. The molecule has 1 aromatic rings. The Morgan fingerprint density at radius 2 is 1.36 bits per heavy atom. The van der Waals surface area contributed by atoms with Gasteiger partial charge in [0.25, 0.3) is 0 Å². The smallest absolute Gasteiger partial charge is 0.240 e. The van der Waals surface area contributed by atoms with Gasteiger partial charge in [-0.1, -0.05) is 83.6 Å². The summed E-state index contributed by atoms with van der Waals surface area (Å²) in [5.74, 6) is 0. The van der Waals surface area contributed by atoms with E-state index in [1.165, 1.54) is 76.3 Å². The molecule has 0 amide bonds. The molecule has 1 aromatic carbocycles. The Morgan fingerprint density at radius 3 is 1.88 bits per heavy atom. The first-order chi connectivity index (χ1) is 12.1. The number of sulfonamides is 1. The molecular formula is C20H35N2O2S. The summed E-state index contributed by atoms with van der Waals surface area (Å²) in [6.45, 7) is 2.72. The van der Waals surface area contributed by atoms with Gasteiger partial charge >= 0.3 is 0 Å². The number of hydrogen-bond acceptors (Lipinski definition) is 2. The highest BCUT2D eigenvalue weighted by atomic mass is 32.2. The number of hydrogen-bond donors (Lipinski definition) is 1. The normalized spacial score (nSPS) is 11.7. The number of rotatable bonds is 15. The molecule has 0 aliphatic carbocycles. The molecule has 25 heavy (non-hydrogen) atoms. The van der Waals surface area contributed by atoms with Crippen LogP contribution in [0.15, 0.2) is 29.2 Å². The first-order valence-corrected chi connectivity index (χ1v) is 11.4. The highest BCUT2D eigenvalue weighted by Gasteiger charge is 2.12. The van der Waals surface area contributed by atoms with Crippen molar-refractivity contribution >= 4 is 15.7 Å². The molecule has 0 atom stereocenters. The Morgan fingerprint density at radius 1 is 0.840 bits per heavy atom. The van der Waals surface area contributed by atoms with Gasteiger partial charge in [-0.05, 0) is 24.6 Å². The maximum atomic E-state index is 12.1. The van der Waals surface area contributed by atoms with Crippen LogP contribution in [-0.2, 0) is 10.0 Å². The minimum absolute atomic E-state index is 0.180. The van der Waals surface area contributed by atoms with Crippen LogP contribution in [0.4, 0.5) is 5.69 Å². The Kier molecular flexibility index (Phi) is 11.6. The fraction of sp³-hybridized carbons (Fsp3) is 0.700. The van der Waals surface area contributed by atoms with Crippen LogP contribution < -0.4 is 10.5 Å². The summed E-state index contributed by atoms with van der Waals surface area (Å²) in [7, 11) is -3.47. The van der Waals surface area contributed by atoms with Crippen molar-refractivity contribution in [3.8, 4) is 0 Å². The average Bonchev–Trinajstić information content (AvgIpc) is 2.59. The molecule has 5 heteroatoms. The Balaban J connectivity index is 1.98. The monoisotopic (exact) mass is 367 g/mol. The molecule has 0 spiro atoms. The second-order valence-corrected chi connectivity index (χ2v) is 8.58. The number of benzene rings is 1. The van der Waals surface area contributed by atoms with Gasteiger partial charge in [-0.3, -0.25) is 0 Å². The third-order valence-corrected chi connectivity index (χ3v) is 5.93. The molecule has 0 bridgehead atoms. The summed E-state index contributed by atoms with van der Waals surface area (Å²) in [5.41, 5.74) is 7.72. The maximum absolute atomic E-state index is 12.1. The molecule has 0 heterocycles. The van der Waals surface area contributed by atoms with Gasteiger partial charge in [0.05, 0.1) is 10.6 Å². The van der Waals surface area contributed by atoms with Crippen LogP contribution >= 0.6 is 0 Å². The van der Waals surface area contributed by atoms with Crippen LogP contribution in [0.1, 0.15) is 84.0 Å². The van der Waals surface area contributed by atoms with Gasteiger partial charge in [-0.2, -0.15) is 0 Å². The van der Waals surface area contributed by atoms with E-state index in [1.54, 1.807) is 12.1 Å². The predicted octanol–water partition coefficient (Wildman–Crippen LogP) is 5.58. The van der Waals surface area contributed by atoms with E-state index in [2.05, 4.69) is 11.6 Å². The van der Waals surface area contributed by atoms with Crippen LogP contribution in [0.5, 0.6) is 0 Å². The highest BCUT2D eigenvalue weighted by molar-refractivity contribution is 7.89. The zero-order valence-electron chi connectivity index (χ0n) is 15.7. The van der Waals surface area contributed by atoms with Crippen LogP contribution in [0.3, 0.4) is 0 Å². The van der Waals surface area contributed by atoms with Crippen molar-refractivity contribution in [1.82, 2.24) is 10.5 Å². The molecule has 1 radical (unpaired) electrons. The van der Waals surface area contributed by atoms with Crippen LogP contribution in [0.2, 0.25) is 0 Å². The largest absolute Gasteiger partial charge is 0.301 e. The van der Waals surface area contributed by atoms with Gasteiger partial charge in [0.2, 0.25) is 10.0 Å². The van der Waals surface area contributed by atoms with E-state index < -0.39 is 10.0 Å². The van der Waals surface area contributed by atoms with Gasteiger partial charge in [0, 0.05) is 6.54 Å². The van der Waals surface area contributed by atoms with Crippen molar-refractivity contribution < 1.29 is 8.42 Å². The molecule has 0 aliphatic rings.